The SMILES string of the molecule is COc1cc(/C=N/NC(=O)C(C)Oc2ccc(-c3ccccc3)cc2)cc(OC)c1OC. The summed E-state index contributed by atoms with van der Waals surface area (Å²) in [6.07, 6.45) is 0.763. The van der Waals surface area contributed by atoms with Gasteiger partial charge >= 0.3 is 0 Å². The first-order valence-corrected chi connectivity index (χ1v) is 10.0. The van der Waals surface area contributed by atoms with Crippen LogP contribution in [0.5, 0.6) is 23.0 Å². The molecule has 0 spiro atoms. The number of hydrogen-bond donors (Lipinski definition) is 1. The molecular formula is C25H26N2O5. The van der Waals surface area contributed by atoms with Gasteiger partial charge in [0.2, 0.25) is 5.75 Å². The second-order valence-corrected chi connectivity index (χ2v) is 6.84. The van der Waals surface area contributed by atoms with Gasteiger partial charge in [-0.1, -0.05) is 42.5 Å². The summed E-state index contributed by atoms with van der Waals surface area (Å²) in [5, 5.41) is 4.01. The number of carbonyl (C=O) groups excluding carboxylic acids is 1. The monoisotopic (exact) mass is 434 g/mol. The molecule has 3 aromatic rings. The molecule has 0 aromatic heterocycles. The normalized spacial score (nSPS) is 11.6. The van der Waals surface area contributed by atoms with E-state index in [-0.39, 0.29) is 5.91 Å². The highest BCUT2D eigenvalue weighted by atomic mass is 16.5. The van der Waals surface area contributed by atoms with Crippen LogP contribution in [-0.2, 0) is 4.79 Å². The standard InChI is InChI=1S/C25H26N2O5/c1-17(32-21-12-10-20(11-13-21)19-8-6-5-7-9-19)25(28)27-26-16-18-14-22(29-2)24(31-4)23(15-18)30-3/h5-17H,1-4H3,(H,27,28)/b26-16+. The van der Waals surface area contributed by atoms with Crippen LogP contribution in [0.1, 0.15) is 12.5 Å². The van der Waals surface area contributed by atoms with E-state index in [1.165, 1.54) is 27.5 Å². The van der Waals surface area contributed by atoms with Crippen molar-refractivity contribution in [3.63, 3.8) is 0 Å². The molecule has 0 heterocycles. The van der Waals surface area contributed by atoms with E-state index in [1.807, 2.05) is 54.6 Å². The summed E-state index contributed by atoms with van der Waals surface area (Å²) in [7, 11) is 4.60. The third-order valence-corrected chi connectivity index (χ3v) is 4.72. The smallest absolute Gasteiger partial charge is 0.280 e. The number of benzene rings is 3. The Morgan fingerprint density at radius 1 is 0.875 bits per heavy atom. The van der Waals surface area contributed by atoms with Crippen molar-refractivity contribution >= 4 is 12.1 Å². The molecule has 0 fully saturated rings. The molecule has 0 aliphatic heterocycles. The number of rotatable bonds is 9. The van der Waals surface area contributed by atoms with E-state index >= 15 is 0 Å². The van der Waals surface area contributed by atoms with Crippen molar-refractivity contribution in [3.8, 4) is 34.1 Å². The maximum Gasteiger partial charge on any atom is 0.280 e. The number of ether oxygens (including phenoxy) is 4. The van der Waals surface area contributed by atoms with E-state index in [2.05, 4.69) is 10.5 Å². The Morgan fingerprint density at radius 2 is 1.47 bits per heavy atom. The van der Waals surface area contributed by atoms with Crippen LogP contribution < -0.4 is 24.4 Å². The summed E-state index contributed by atoms with van der Waals surface area (Å²) in [6, 6.07) is 21.1. The second-order valence-electron chi connectivity index (χ2n) is 6.84. The first-order valence-electron chi connectivity index (χ1n) is 10.0. The van der Waals surface area contributed by atoms with Gasteiger partial charge in [-0.05, 0) is 42.3 Å². The Morgan fingerprint density at radius 3 is 2.03 bits per heavy atom. The molecular weight excluding hydrogens is 408 g/mol. The molecule has 0 radical (unpaired) electrons. The van der Waals surface area contributed by atoms with E-state index in [0.717, 1.165) is 11.1 Å². The molecule has 0 saturated heterocycles. The molecule has 1 amide bonds. The number of nitrogens with one attached hydrogen (secondary N) is 1. The fourth-order valence-corrected chi connectivity index (χ4v) is 3.05. The van der Waals surface area contributed by atoms with Crippen LogP contribution in [0.25, 0.3) is 11.1 Å². The van der Waals surface area contributed by atoms with E-state index in [9.17, 15) is 4.79 Å². The Labute approximate surface area is 187 Å². The van der Waals surface area contributed by atoms with Gasteiger partial charge in [0.25, 0.3) is 5.91 Å². The molecule has 0 aliphatic carbocycles. The van der Waals surface area contributed by atoms with Crippen molar-refractivity contribution in [2.45, 2.75) is 13.0 Å². The van der Waals surface area contributed by atoms with Crippen LogP contribution >= 0.6 is 0 Å². The molecule has 0 saturated carbocycles. The second kappa shape index (κ2) is 10.9. The topological polar surface area (TPSA) is 78.4 Å². The average Bonchev–Trinajstić information content (AvgIpc) is 2.84. The maximum atomic E-state index is 12.4. The number of hydrogen-bond acceptors (Lipinski definition) is 6. The minimum atomic E-state index is -0.727. The maximum absolute atomic E-state index is 12.4. The fourth-order valence-electron chi connectivity index (χ4n) is 3.05. The van der Waals surface area contributed by atoms with Gasteiger partial charge in [-0.25, -0.2) is 5.43 Å². The van der Waals surface area contributed by atoms with Gasteiger partial charge < -0.3 is 18.9 Å². The molecule has 0 aliphatic rings. The predicted molar refractivity (Wildman–Crippen MR) is 124 cm³/mol. The van der Waals surface area contributed by atoms with E-state index < -0.39 is 6.10 Å². The van der Waals surface area contributed by atoms with Gasteiger partial charge in [-0.15, -0.1) is 0 Å². The lowest BCUT2D eigenvalue weighted by atomic mass is 10.1. The van der Waals surface area contributed by atoms with Crippen LogP contribution in [0, 0.1) is 0 Å². The first kappa shape index (κ1) is 22.7. The van der Waals surface area contributed by atoms with Gasteiger partial charge in [-0.3, -0.25) is 4.79 Å². The number of hydrazone groups is 1. The van der Waals surface area contributed by atoms with Crippen LogP contribution in [0.3, 0.4) is 0 Å². The predicted octanol–water partition coefficient (Wildman–Crippen LogP) is 4.30. The zero-order valence-electron chi connectivity index (χ0n) is 18.5. The molecule has 1 N–H and O–H groups in total. The van der Waals surface area contributed by atoms with Gasteiger partial charge in [0.05, 0.1) is 27.5 Å². The lowest BCUT2D eigenvalue weighted by Gasteiger charge is -2.14. The summed E-state index contributed by atoms with van der Waals surface area (Å²) in [4.78, 5) is 12.4. The molecule has 7 heteroatoms. The Bertz CT molecular complexity index is 1040. The van der Waals surface area contributed by atoms with Crippen molar-refractivity contribution in [2.24, 2.45) is 5.10 Å². The number of amides is 1. The molecule has 7 nitrogen and oxygen atoms in total. The third kappa shape index (κ3) is 5.57. The largest absolute Gasteiger partial charge is 0.493 e. The van der Waals surface area contributed by atoms with Gasteiger partial charge in [0, 0.05) is 5.56 Å². The van der Waals surface area contributed by atoms with Gasteiger partial charge in [0.15, 0.2) is 17.6 Å². The molecule has 0 bridgehead atoms. The summed E-state index contributed by atoms with van der Waals surface area (Å²) in [5.41, 5.74) is 5.35. The molecule has 3 rings (SSSR count). The molecule has 1 unspecified atom stereocenters. The summed E-state index contributed by atoms with van der Waals surface area (Å²) in [6.45, 7) is 1.66. The summed E-state index contributed by atoms with van der Waals surface area (Å²) in [5.74, 6) is 1.70. The van der Waals surface area contributed by atoms with Gasteiger partial charge in [0.1, 0.15) is 5.75 Å². The van der Waals surface area contributed by atoms with E-state index in [0.29, 0.717) is 28.6 Å². The van der Waals surface area contributed by atoms with Crippen LogP contribution in [0.4, 0.5) is 0 Å². The quantitative estimate of drug-likeness (QED) is 0.401. The number of methoxy groups -OCH3 is 3. The Hall–Kier alpha value is -4.00. The minimum absolute atomic E-state index is 0.374. The van der Waals surface area contributed by atoms with E-state index in [4.69, 9.17) is 18.9 Å². The fraction of sp³-hybridized carbons (Fsp3) is 0.200. The first-order chi connectivity index (χ1) is 15.5. The highest BCUT2D eigenvalue weighted by Crippen LogP contribution is 2.37. The zero-order valence-corrected chi connectivity index (χ0v) is 18.5. The van der Waals surface area contributed by atoms with Crippen LogP contribution in [-0.4, -0.2) is 39.6 Å². The van der Waals surface area contributed by atoms with Crippen molar-refractivity contribution < 1.29 is 23.7 Å². The van der Waals surface area contributed by atoms with Crippen LogP contribution in [0.15, 0.2) is 71.8 Å². The molecule has 166 valence electrons. The lowest BCUT2D eigenvalue weighted by molar-refractivity contribution is -0.127. The average molecular weight is 434 g/mol. The Kier molecular flexibility index (Phi) is 7.70. The lowest BCUT2D eigenvalue weighted by Crippen LogP contribution is -2.33. The van der Waals surface area contributed by atoms with Crippen molar-refractivity contribution in [3.05, 3.63) is 72.3 Å². The highest BCUT2D eigenvalue weighted by molar-refractivity contribution is 5.85. The molecule has 3 aromatic carbocycles. The van der Waals surface area contributed by atoms with Crippen molar-refractivity contribution in [2.75, 3.05) is 21.3 Å². The molecule has 32 heavy (non-hydrogen) atoms. The summed E-state index contributed by atoms with van der Waals surface area (Å²) >= 11 is 0. The third-order valence-electron chi connectivity index (χ3n) is 4.72. The summed E-state index contributed by atoms with van der Waals surface area (Å²) < 4.78 is 21.7. The minimum Gasteiger partial charge on any atom is -0.493 e. The van der Waals surface area contributed by atoms with Crippen molar-refractivity contribution in [1.82, 2.24) is 5.43 Å². The van der Waals surface area contributed by atoms with E-state index in [1.54, 1.807) is 19.1 Å². The zero-order chi connectivity index (χ0) is 22.9. The van der Waals surface area contributed by atoms with Crippen LogP contribution in [0.2, 0.25) is 0 Å². The number of carbonyl (C=O) groups is 1. The Balaban J connectivity index is 1.59. The highest BCUT2D eigenvalue weighted by Gasteiger charge is 2.15. The number of nitrogens with zero attached hydrogens (tertiary/aromatic N) is 1. The molecule has 1 atom stereocenters. The van der Waals surface area contributed by atoms with Gasteiger partial charge in [-0.2, -0.15) is 5.10 Å². The van der Waals surface area contributed by atoms with Crippen molar-refractivity contribution in [1.29, 1.82) is 0 Å².